The highest BCUT2D eigenvalue weighted by Gasteiger charge is 2.39. The van der Waals surface area contributed by atoms with Gasteiger partial charge < -0.3 is 9.80 Å². The minimum Gasteiger partial charge on any atom is -0.347 e. The Hall–Kier alpha value is -3.33. The van der Waals surface area contributed by atoms with Crippen molar-refractivity contribution in [2.75, 3.05) is 38.0 Å². The Morgan fingerprint density at radius 2 is 1.05 bits per heavy atom. The number of benzene rings is 2. The Morgan fingerprint density at radius 1 is 0.658 bits per heavy atom. The largest absolute Gasteiger partial charge is 0.347 e. The van der Waals surface area contributed by atoms with Gasteiger partial charge in [0, 0.05) is 58.8 Å². The average molecular weight is 507 g/mol. The van der Waals surface area contributed by atoms with Crippen molar-refractivity contribution in [3.05, 3.63) is 105 Å². The third kappa shape index (κ3) is 4.08. The zero-order valence-corrected chi connectivity index (χ0v) is 25.0. The van der Waals surface area contributed by atoms with Crippen LogP contribution >= 0.6 is 0 Å². The lowest BCUT2D eigenvalue weighted by atomic mass is 9.83. The van der Waals surface area contributed by atoms with E-state index >= 15 is 0 Å². The maximum atomic E-state index is 2.37. The molecule has 1 saturated carbocycles. The summed E-state index contributed by atoms with van der Waals surface area (Å²) in [5.41, 5.74) is 15.0. The molecule has 0 spiro atoms. The first-order valence-corrected chi connectivity index (χ1v) is 13.9. The van der Waals surface area contributed by atoms with E-state index in [4.69, 9.17) is 0 Å². The predicted molar refractivity (Wildman–Crippen MR) is 164 cm³/mol. The second-order valence-corrected chi connectivity index (χ2v) is 12.6. The van der Waals surface area contributed by atoms with E-state index in [2.05, 4.69) is 145 Å². The summed E-state index contributed by atoms with van der Waals surface area (Å²) in [7, 11) is 8.76. The van der Waals surface area contributed by atoms with Gasteiger partial charge in [-0.2, -0.15) is 0 Å². The van der Waals surface area contributed by atoms with Crippen LogP contribution in [0.4, 0.5) is 11.4 Å². The fraction of sp³-hybridized carbons (Fsp3) is 0.400. The number of fused-ring (bicyclic) bond motifs is 2. The zero-order valence-electron chi connectivity index (χ0n) is 25.0. The second-order valence-electron chi connectivity index (χ2n) is 12.6. The summed E-state index contributed by atoms with van der Waals surface area (Å²) in [4.78, 5) is 4.74. The molecule has 2 aromatic rings. The summed E-state index contributed by atoms with van der Waals surface area (Å²) in [6.07, 6.45) is 11.6. The molecule has 0 saturated heterocycles. The minimum atomic E-state index is -0.0147. The third-order valence-corrected chi connectivity index (χ3v) is 8.98. The van der Waals surface area contributed by atoms with Gasteiger partial charge in [-0.05, 0) is 62.1 Å². The molecule has 0 N–H and O–H groups in total. The molecule has 2 aliphatic heterocycles. The Morgan fingerprint density at radius 3 is 1.42 bits per heavy atom. The van der Waals surface area contributed by atoms with Crippen LogP contribution in [0.1, 0.15) is 62.8 Å². The van der Waals surface area contributed by atoms with Crippen LogP contribution in [0.3, 0.4) is 0 Å². The molecule has 0 aromatic heterocycles. The molecular weight excluding hydrogens is 462 g/mol. The standard InChI is InChI=1S/C35H44N3/c1-23-11-17-29-27(21-23)34(3,4)31(37(29)9)19-15-25-13-14-26(33(25)36(7)8)16-20-32-35(5,6)28-22-24(2)12-18-30(28)38(32)10/h11-12,15-22H,13-14H2,1-10H3/q+1. The Kier molecular flexibility index (Phi) is 6.33. The van der Waals surface area contributed by atoms with Gasteiger partial charge in [0.05, 0.1) is 0 Å². The first-order valence-electron chi connectivity index (χ1n) is 13.9. The molecule has 3 aliphatic rings. The molecule has 0 radical (unpaired) electrons. The van der Waals surface area contributed by atoms with Crippen molar-refractivity contribution in [3.63, 3.8) is 0 Å². The molecule has 5 rings (SSSR count). The van der Waals surface area contributed by atoms with Gasteiger partial charge in [-0.1, -0.05) is 75.2 Å². The maximum Gasteiger partial charge on any atom is 0.205 e. The molecule has 0 atom stereocenters. The highest BCUT2D eigenvalue weighted by atomic mass is 15.2. The molecule has 3 nitrogen and oxygen atoms in total. The average Bonchev–Trinajstić information content (AvgIpc) is 3.39. The smallest absolute Gasteiger partial charge is 0.205 e. The van der Waals surface area contributed by atoms with Crippen LogP contribution in [0.5, 0.6) is 0 Å². The van der Waals surface area contributed by atoms with Crippen molar-refractivity contribution in [3.8, 4) is 0 Å². The Balaban J connectivity index is 1.48. The van der Waals surface area contributed by atoms with E-state index in [1.54, 1.807) is 0 Å². The summed E-state index contributed by atoms with van der Waals surface area (Å²) in [5, 5.41) is 0. The third-order valence-electron chi connectivity index (χ3n) is 8.98. The molecule has 198 valence electrons. The van der Waals surface area contributed by atoms with Crippen LogP contribution in [0.25, 0.3) is 0 Å². The molecule has 0 amide bonds. The summed E-state index contributed by atoms with van der Waals surface area (Å²) in [5.74, 6) is 0. The van der Waals surface area contributed by atoms with Crippen LogP contribution < -0.4 is 9.80 Å². The maximum absolute atomic E-state index is 2.37. The van der Waals surface area contributed by atoms with Gasteiger partial charge >= 0.3 is 0 Å². The van der Waals surface area contributed by atoms with Gasteiger partial charge in [0.25, 0.3) is 0 Å². The lowest BCUT2D eigenvalue weighted by Crippen LogP contribution is -2.23. The molecule has 0 bridgehead atoms. The number of anilines is 2. The first-order chi connectivity index (χ1) is 17.8. The van der Waals surface area contributed by atoms with Crippen LogP contribution in [0.15, 0.2) is 83.2 Å². The molecule has 1 fully saturated rings. The number of hydrogen-bond donors (Lipinski definition) is 0. The lowest BCUT2D eigenvalue weighted by Gasteiger charge is -2.24. The van der Waals surface area contributed by atoms with Gasteiger partial charge in [0.1, 0.15) is 14.1 Å². The van der Waals surface area contributed by atoms with E-state index in [9.17, 15) is 0 Å². The molecule has 0 unspecified atom stereocenters. The summed E-state index contributed by atoms with van der Waals surface area (Å²) in [6.45, 7) is 13.8. The van der Waals surface area contributed by atoms with Crippen molar-refractivity contribution in [2.24, 2.45) is 0 Å². The summed E-state index contributed by atoms with van der Waals surface area (Å²) in [6, 6.07) is 13.7. The van der Waals surface area contributed by atoms with Crippen molar-refractivity contribution in [1.82, 2.24) is 0 Å². The predicted octanol–water partition coefficient (Wildman–Crippen LogP) is 7.59. The monoisotopic (exact) mass is 506 g/mol. The molecule has 3 heteroatoms. The van der Waals surface area contributed by atoms with Crippen LogP contribution in [-0.4, -0.2) is 38.5 Å². The molecule has 38 heavy (non-hydrogen) atoms. The number of aryl methyl sites for hydroxylation is 2. The normalized spacial score (nSPS) is 23.8. The van der Waals surface area contributed by atoms with E-state index in [0.717, 1.165) is 12.8 Å². The van der Waals surface area contributed by atoms with E-state index in [-0.39, 0.29) is 10.8 Å². The van der Waals surface area contributed by atoms with Gasteiger partial charge in [-0.15, -0.1) is 0 Å². The van der Waals surface area contributed by atoms with Crippen molar-refractivity contribution in [2.45, 2.75) is 65.2 Å². The molecule has 2 heterocycles. The van der Waals surface area contributed by atoms with Gasteiger partial charge in [0.2, 0.25) is 5.71 Å². The highest BCUT2D eigenvalue weighted by Crippen LogP contribution is 2.48. The Labute approximate surface area is 230 Å². The number of allylic oxidation sites excluding steroid dienone is 8. The quantitative estimate of drug-likeness (QED) is 0.388. The van der Waals surface area contributed by atoms with Crippen molar-refractivity contribution >= 4 is 17.1 Å². The highest BCUT2D eigenvalue weighted by molar-refractivity contribution is 6.11. The fourth-order valence-electron chi connectivity index (χ4n) is 6.87. The minimum absolute atomic E-state index is 0.0147. The molecule has 2 aromatic carbocycles. The van der Waals surface area contributed by atoms with Crippen molar-refractivity contribution in [1.29, 1.82) is 0 Å². The summed E-state index contributed by atoms with van der Waals surface area (Å²) < 4.78 is 2.30. The summed E-state index contributed by atoms with van der Waals surface area (Å²) >= 11 is 0. The van der Waals surface area contributed by atoms with Crippen LogP contribution in [-0.2, 0) is 10.8 Å². The fourth-order valence-corrected chi connectivity index (χ4v) is 6.87. The van der Waals surface area contributed by atoms with Crippen LogP contribution in [0, 0.1) is 13.8 Å². The number of likely N-dealkylation sites (N-methyl/N-ethyl adjacent to an activating group) is 2. The second kappa shape index (κ2) is 9.15. The molecule has 1 aliphatic carbocycles. The van der Waals surface area contributed by atoms with E-state index < -0.39 is 0 Å². The SMILES string of the molecule is Cc1ccc2c(c1)C(C)(C)C(=CC=C1CCC(=C/C=C3/N(C)c4ccc(C)cc4C3(C)C)C1=[N+](C)C)N2C. The van der Waals surface area contributed by atoms with E-state index in [1.165, 1.54) is 61.9 Å². The van der Waals surface area contributed by atoms with E-state index in [0.29, 0.717) is 0 Å². The number of nitrogens with zero attached hydrogens (tertiary/aromatic N) is 3. The first kappa shape index (κ1) is 26.3. The van der Waals surface area contributed by atoms with Crippen molar-refractivity contribution < 1.29 is 4.58 Å². The van der Waals surface area contributed by atoms with Crippen LogP contribution in [0.2, 0.25) is 0 Å². The topological polar surface area (TPSA) is 9.49 Å². The molecular formula is C35H44N3+. The van der Waals surface area contributed by atoms with Gasteiger partial charge in [0.15, 0.2) is 0 Å². The van der Waals surface area contributed by atoms with Gasteiger partial charge in [-0.3, -0.25) is 0 Å². The Bertz CT molecular complexity index is 1360. The van der Waals surface area contributed by atoms with Gasteiger partial charge in [-0.25, -0.2) is 4.58 Å². The number of rotatable bonds is 2. The van der Waals surface area contributed by atoms with E-state index in [1.807, 2.05) is 0 Å². The number of hydrogen-bond acceptors (Lipinski definition) is 2. The zero-order chi connectivity index (χ0) is 27.6. The lowest BCUT2D eigenvalue weighted by molar-refractivity contribution is -0.463.